The number of hydrogen-bond acceptors (Lipinski definition) is 5. The summed E-state index contributed by atoms with van der Waals surface area (Å²) >= 11 is 0. The van der Waals surface area contributed by atoms with E-state index >= 15 is 0 Å². The summed E-state index contributed by atoms with van der Waals surface area (Å²) in [6.45, 7) is 2.82. The Kier molecular flexibility index (Phi) is 7.87. The zero-order valence-electron chi connectivity index (χ0n) is 17.7. The first-order chi connectivity index (χ1) is 15.4. The number of nitrogens with one attached hydrogen (secondary N) is 2. The third kappa shape index (κ3) is 6.09. The van der Waals surface area contributed by atoms with E-state index in [1.165, 1.54) is 24.3 Å². The van der Waals surface area contributed by atoms with E-state index in [1.807, 2.05) is 18.2 Å². The molecule has 0 atom stereocenters. The SMILES string of the molecule is C#CCNS(=O)(=O)c1cccc(C(=O)NCCC(=O)N2CCN(c3ccccc3)CC2)c1. The third-order valence-corrected chi connectivity index (χ3v) is 6.55. The van der Waals surface area contributed by atoms with Crippen molar-refractivity contribution in [2.24, 2.45) is 0 Å². The fourth-order valence-corrected chi connectivity index (χ4v) is 4.40. The van der Waals surface area contributed by atoms with Crippen molar-refractivity contribution in [2.45, 2.75) is 11.3 Å². The molecular weight excluding hydrogens is 428 g/mol. The van der Waals surface area contributed by atoms with Crippen molar-refractivity contribution < 1.29 is 18.0 Å². The Morgan fingerprint density at radius 3 is 2.41 bits per heavy atom. The number of carbonyl (C=O) groups is 2. The van der Waals surface area contributed by atoms with Crippen LogP contribution in [0.2, 0.25) is 0 Å². The summed E-state index contributed by atoms with van der Waals surface area (Å²) in [4.78, 5) is 28.9. The van der Waals surface area contributed by atoms with Crippen molar-refractivity contribution in [2.75, 3.05) is 44.2 Å². The fourth-order valence-electron chi connectivity index (χ4n) is 3.42. The van der Waals surface area contributed by atoms with Crippen LogP contribution in [-0.4, -0.2) is 64.4 Å². The zero-order valence-corrected chi connectivity index (χ0v) is 18.5. The second-order valence-corrected chi connectivity index (χ2v) is 9.03. The predicted octanol–water partition coefficient (Wildman–Crippen LogP) is 1.07. The Hall–Kier alpha value is -3.35. The summed E-state index contributed by atoms with van der Waals surface area (Å²) < 4.78 is 26.6. The molecule has 1 saturated heterocycles. The van der Waals surface area contributed by atoms with E-state index in [0.717, 1.165) is 18.8 Å². The summed E-state index contributed by atoms with van der Waals surface area (Å²) in [6.07, 6.45) is 5.26. The molecule has 0 spiro atoms. The number of rotatable bonds is 8. The van der Waals surface area contributed by atoms with Gasteiger partial charge in [0, 0.05) is 50.4 Å². The van der Waals surface area contributed by atoms with Gasteiger partial charge >= 0.3 is 0 Å². The molecule has 2 aromatic carbocycles. The minimum atomic E-state index is -3.79. The molecular formula is C23H26N4O4S. The van der Waals surface area contributed by atoms with Gasteiger partial charge < -0.3 is 15.1 Å². The Morgan fingerprint density at radius 1 is 1.00 bits per heavy atom. The molecule has 0 unspecified atom stereocenters. The predicted molar refractivity (Wildman–Crippen MR) is 123 cm³/mol. The van der Waals surface area contributed by atoms with Crippen LogP contribution in [0.1, 0.15) is 16.8 Å². The molecule has 0 bridgehead atoms. The Labute approximate surface area is 188 Å². The standard InChI is InChI=1S/C23H26N4O4S/c1-2-12-25-32(30,31)21-10-6-7-19(18-21)23(29)24-13-11-22(28)27-16-14-26(15-17-27)20-8-4-3-5-9-20/h1,3-10,18,25H,11-17H2,(H,24,29). The van der Waals surface area contributed by atoms with Gasteiger partial charge in [0.15, 0.2) is 0 Å². The maximum atomic E-state index is 12.5. The molecule has 32 heavy (non-hydrogen) atoms. The summed E-state index contributed by atoms with van der Waals surface area (Å²) in [5, 5.41) is 2.68. The second-order valence-electron chi connectivity index (χ2n) is 7.27. The number of nitrogens with zero attached hydrogens (tertiary/aromatic N) is 2. The molecule has 0 radical (unpaired) electrons. The lowest BCUT2D eigenvalue weighted by Crippen LogP contribution is -2.49. The van der Waals surface area contributed by atoms with E-state index in [0.29, 0.717) is 13.1 Å². The number of anilines is 1. The van der Waals surface area contributed by atoms with Gasteiger partial charge in [-0.1, -0.05) is 30.2 Å². The van der Waals surface area contributed by atoms with Crippen LogP contribution in [0.5, 0.6) is 0 Å². The number of carbonyl (C=O) groups excluding carboxylic acids is 2. The Balaban J connectivity index is 1.46. The molecule has 1 heterocycles. The average Bonchev–Trinajstić information content (AvgIpc) is 2.83. The normalized spacial score (nSPS) is 14.0. The first-order valence-corrected chi connectivity index (χ1v) is 11.8. The second kappa shape index (κ2) is 10.8. The topological polar surface area (TPSA) is 98.8 Å². The van der Waals surface area contributed by atoms with Gasteiger partial charge in [0.05, 0.1) is 11.4 Å². The van der Waals surface area contributed by atoms with Crippen molar-refractivity contribution in [3.63, 3.8) is 0 Å². The van der Waals surface area contributed by atoms with Gasteiger partial charge in [0.25, 0.3) is 5.91 Å². The van der Waals surface area contributed by atoms with Crippen molar-refractivity contribution in [3.05, 3.63) is 60.2 Å². The smallest absolute Gasteiger partial charge is 0.251 e. The van der Waals surface area contributed by atoms with Crippen LogP contribution >= 0.6 is 0 Å². The minimum Gasteiger partial charge on any atom is -0.368 e. The van der Waals surface area contributed by atoms with Crippen molar-refractivity contribution in [3.8, 4) is 12.3 Å². The van der Waals surface area contributed by atoms with E-state index < -0.39 is 15.9 Å². The van der Waals surface area contributed by atoms with E-state index in [-0.39, 0.29) is 35.9 Å². The maximum Gasteiger partial charge on any atom is 0.251 e. The number of hydrogen-bond donors (Lipinski definition) is 2. The molecule has 0 aromatic heterocycles. The molecule has 2 N–H and O–H groups in total. The summed E-state index contributed by atoms with van der Waals surface area (Å²) in [5.41, 5.74) is 1.34. The molecule has 2 aromatic rings. The maximum absolute atomic E-state index is 12.5. The van der Waals surface area contributed by atoms with E-state index in [4.69, 9.17) is 6.42 Å². The number of terminal acetylenes is 1. The highest BCUT2D eigenvalue weighted by molar-refractivity contribution is 7.89. The van der Waals surface area contributed by atoms with Crippen molar-refractivity contribution >= 4 is 27.5 Å². The minimum absolute atomic E-state index is 0.0205. The average molecular weight is 455 g/mol. The lowest BCUT2D eigenvalue weighted by molar-refractivity contribution is -0.131. The summed E-state index contributed by atoms with van der Waals surface area (Å²) in [5.74, 6) is 1.73. The first-order valence-electron chi connectivity index (χ1n) is 10.3. The summed E-state index contributed by atoms with van der Waals surface area (Å²) in [6, 6.07) is 15.7. The lowest BCUT2D eigenvalue weighted by atomic mass is 10.2. The molecule has 3 rings (SSSR count). The number of amides is 2. The molecule has 9 heteroatoms. The number of benzene rings is 2. The monoisotopic (exact) mass is 454 g/mol. The molecule has 1 fully saturated rings. The van der Waals surface area contributed by atoms with Gasteiger partial charge in [0.2, 0.25) is 15.9 Å². The first kappa shape index (κ1) is 23.3. The number of para-hydroxylation sites is 1. The molecule has 8 nitrogen and oxygen atoms in total. The van der Waals surface area contributed by atoms with E-state index in [2.05, 4.69) is 33.0 Å². The van der Waals surface area contributed by atoms with Gasteiger partial charge in [0.1, 0.15) is 0 Å². The van der Waals surface area contributed by atoms with Crippen molar-refractivity contribution in [1.29, 1.82) is 0 Å². The van der Waals surface area contributed by atoms with Gasteiger partial charge in [-0.05, 0) is 30.3 Å². The molecule has 0 aliphatic carbocycles. The van der Waals surface area contributed by atoms with Crippen LogP contribution in [0.15, 0.2) is 59.5 Å². The largest absolute Gasteiger partial charge is 0.368 e. The Morgan fingerprint density at radius 2 is 1.72 bits per heavy atom. The van der Waals surface area contributed by atoms with Crippen LogP contribution in [0.25, 0.3) is 0 Å². The fraction of sp³-hybridized carbons (Fsp3) is 0.304. The van der Waals surface area contributed by atoms with E-state index in [9.17, 15) is 18.0 Å². The number of sulfonamides is 1. The van der Waals surface area contributed by atoms with Crippen molar-refractivity contribution in [1.82, 2.24) is 14.9 Å². The Bertz CT molecular complexity index is 1090. The van der Waals surface area contributed by atoms with Gasteiger partial charge in [-0.25, -0.2) is 8.42 Å². The van der Waals surface area contributed by atoms with Gasteiger partial charge in [-0.15, -0.1) is 6.42 Å². The van der Waals surface area contributed by atoms with Crippen LogP contribution in [0.4, 0.5) is 5.69 Å². The molecule has 1 aliphatic heterocycles. The highest BCUT2D eigenvalue weighted by Crippen LogP contribution is 2.16. The number of piperazine rings is 1. The van der Waals surface area contributed by atoms with Crippen LogP contribution in [0, 0.1) is 12.3 Å². The third-order valence-electron chi connectivity index (χ3n) is 5.15. The highest BCUT2D eigenvalue weighted by Gasteiger charge is 2.21. The van der Waals surface area contributed by atoms with E-state index in [1.54, 1.807) is 4.90 Å². The summed E-state index contributed by atoms with van der Waals surface area (Å²) in [7, 11) is -3.79. The van der Waals surface area contributed by atoms with Gasteiger partial charge in [-0.2, -0.15) is 4.72 Å². The van der Waals surface area contributed by atoms with Gasteiger partial charge in [-0.3, -0.25) is 9.59 Å². The lowest BCUT2D eigenvalue weighted by Gasteiger charge is -2.36. The molecule has 0 saturated carbocycles. The highest BCUT2D eigenvalue weighted by atomic mass is 32.2. The van der Waals surface area contributed by atoms with Crippen LogP contribution in [-0.2, 0) is 14.8 Å². The zero-order chi connectivity index (χ0) is 23.0. The molecule has 2 amide bonds. The quantitative estimate of drug-likeness (QED) is 0.582. The molecule has 168 valence electrons. The van der Waals surface area contributed by atoms with Crippen LogP contribution < -0.4 is 14.9 Å². The van der Waals surface area contributed by atoms with Crippen LogP contribution in [0.3, 0.4) is 0 Å². The molecule has 1 aliphatic rings.